The van der Waals surface area contributed by atoms with Gasteiger partial charge in [-0.1, -0.05) is 165 Å². The first-order chi connectivity index (χ1) is 29.8. The minimum absolute atomic E-state index is 0.130. The molecule has 0 amide bonds. The lowest BCUT2D eigenvalue weighted by Crippen LogP contribution is -2.26. The van der Waals surface area contributed by atoms with Gasteiger partial charge >= 0.3 is 0 Å². The predicted octanol–water partition coefficient (Wildman–Crippen LogP) is 13.5. The van der Waals surface area contributed by atoms with Crippen molar-refractivity contribution in [3.8, 4) is 44.5 Å². The molecule has 0 aromatic heterocycles. The zero-order valence-corrected chi connectivity index (χ0v) is 29.1. The molecule has 0 heterocycles. The quantitative estimate of drug-likeness (QED) is 0.178. The maximum Gasteiger partial charge on any atom is 0.0726 e. The van der Waals surface area contributed by atoms with Gasteiger partial charge in [-0.05, 0) is 114 Å². The molecule has 0 N–H and O–H groups in total. The van der Waals surface area contributed by atoms with Gasteiger partial charge in [-0.15, -0.1) is 0 Å². The lowest BCUT2D eigenvalue weighted by molar-refractivity contribution is 0.662. The van der Waals surface area contributed by atoms with Gasteiger partial charge < -0.3 is 4.90 Å². The molecule has 8 aromatic carbocycles. The fourth-order valence-electron chi connectivity index (χ4n) is 9.56. The molecule has 1 spiro atoms. The molecule has 0 unspecified atom stereocenters. The van der Waals surface area contributed by atoms with Crippen molar-refractivity contribution in [1.29, 1.82) is 0 Å². The molecule has 1 heteroatoms. The van der Waals surface area contributed by atoms with Gasteiger partial charge in [0.1, 0.15) is 0 Å². The summed E-state index contributed by atoms with van der Waals surface area (Å²) in [6.45, 7) is 4.21. The van der Waals surface area contributed by atoms with E-state index in [1.807, 2.05) is 78.9 Å². The van der Waals surface area contributed by atoms with Crippen LogP contribution in [0.25, 0.3) is 44.5 Å². The summed E-state index contributed by atoms with van der Waals surface area (Å²) in [7, 11) is 0. The van der Waals surface area contributed by atoms with E-state index in [1.54, 1.807) is 6.07 Å². The predicted molar refractivity (Wildman–Crippen MR) is 220 cm³/mol. The average molecular weight is 685 g/mol. The second kappa shape index (κ2) is 11.0. The van der Waals surface area contributed by atoms with Crippen molar-refractivity contribution in [1.82, 2.24) is 0 Å². The van der Waals surface area contributed by atoms with Crippen LogP contribution in [0.1, 0.15) is 59.6 Å². The Morgan fingerprint density at radius 3 is 1.47 bits per heavy atom. The Balaban J connectivity index is 1.21. The highest BCUT2D eigenvalue weighted by Gasteiger charge is 2.51. The fraction of sp³-hybridized carbons (Fsp3) is 0.0769. The van der Waals surface area contributed by atoms with Crippen LogP contribution in [-0.2, 0) is 10.8 Å². The van der Waals surface area contributed by atoms with Gasteiger partial charge in [0.05, 0.1) is 17.8 Å². The minimum Gasteiger partial charge on any atom is -0.310 e. The van der Waals surface area contributed by atoms with Gasteiger partial charge in [0.2, 0.25) is 0 Å². The number of benzene rings is 8. The summed E-state index contributed by atoms with van der Waals surface area (Å²) in [5, 5.41) is 0. The molecule has 0 aliphatic heterocycles. The lowest BCUT2D eigenvalue weighted by Gasteiger charge is -2.32. The summed E-state index contributed by atoms with van der Waals surface area (Å²) in [4.78, 5) is 1.35. The zero-order chi connectivity index (χ0) is 43.1. The molecule has 8 aromatic rings. The third-order valence-electron chi connectivity index (χ3n) is 11.6. The summed E-state index contributed by atoms with van der Waals surface area (Å²) in [5.41, 5.74) is 11.5. The van der Waals surface area contributed by atoms with E-state index in [0.717, 1.165) is 66.8 Å². The molecule has 3 aliphatic rings. The molecule has 0 fully saturated rings. The van der Waals surface area contributed by atoms with E-state index in [0.29, 0.717) is 11.3 Å². The molecule has 0 atom stereocenters. The summed E-state index contributed by atoms with van der Waals surface area (Å²) < 4.78 is 83.5. The zero-order valence-electron chi connectivity index (χ0n) is 38.1. The van der Waals surface area contributed by atoms with Crippen LogP contribution < -0.4 is 4.90 Å². The number of anilines is 3. The molecule has 250 valence electrons. The number of rotatable bonds is 4. The second-order valence-electron chi connectivity index (χ2n) is 14.5. The van der Waals surface area contributed by atoms with Crippen molar-refractivity contribution in [3.63, 3.8) is 0 Å². The van der Waals surface area contributed by atoms with Crippen LogP contribution in [0.15, 0.2) is 188 Å². The Morgan fingerprint density at radius 1 is 0.396 bits per heavy atom. The third-order valence-corrected chi connectivity index (χ3v) is 11.6. The molecule has 0 bridgehead atoms. The first-order valence-electron chi connectivity index (χ1n) is 22.5. The Hall–Kier alpha value is -6.44. The van der Waals surface area contributed by atoms with Crippen LogP contribution in [0.3, 0.4) is 0 Å². The van der Waals surface area contributed by atoms with E-state index >= 15 is 0 Å². The molecule has 53 heavy (non-hydrogen) atoms. The van der Waals surface area contributed by atoms with Crippen molar-refractivity contribution in [2.45, 2.75) is 24.7 Å². The largest absolute Gasteiger partial charge is 0.310 e. The molecule has 0 radical (unpaired) electrons. The Morgan fingerprint density at radius 2 is 0.868 bits per heavy atom. The number of para-hydroxylation sites is 1. The van der Waals surface area contributed by atoms with Gasteiger partial charge in [-0.3, -0.25) is 0 Å². The fourth-order valence-corrected chi connectivity index (χ4v) is 9.56. The maximum atomic E-state index is 9.79. The van der Waals surface area contributed by atoms with E-state index in [1.165, 1.54) is 4.90 Å². The number of fused-ring (bicyclic) bond motifs is 13. The topological polar surface area (TPSA) is 3.24 Å². The van der Waals surface area contributed by atoms with E-state index in [-0.39, 0.29) is 29.0 Å². The van der Waals surface area contributed by atoms with Crippen molar-refractivity contribution in [3.05, 3.63) is 221 Å². The Bertz CT molecular complexity index is 3180. The Kier molecular flexibility index (Phi) is 4.68. The van der Waals surface area contributed by atoms with E-state index in [2.05, 4.69) is 62.4 Å². The SMILES string of the molecule is [2H]c1c([2H])c([2H])c(N(c2ccc3c(c2)C2(c4ccccc4-c4ccccc42)c2ccccc2-3)c2c([2H])c([2H])c(-c3cccc4c3C(C)(C)c3ccccc3-4)c([2H])c2[2H])c([2H])c1[2H]. The van der Waals surface area contributed by atoms with Crippen LogP contribution in [0.4, 0.5) is 17.1 Å². The monoisotopic (exact) mass is 684 g/mol. The van der Waals surface area contributed by atoms with E-state index in [9.17, 15) is 8.22 Å². The second-order valence-corrected chi connectivity index (χ2v) is 14.5. The van der Waals surface area contributed by atoms with Gasteiger partial charge in [-0.25, -0.2) is 0 Å². The summed E-state index contributed by atoms with van der Waals surface area (Å²) in [5.74, 6) is 0. The Labute approximate surface area is 324 Å². The third kappa shape index (κ3) is 4.02. The van der Waals surface area contributed by atoms with Crippen LogP contribution >= 0.6 is 0 Å². The maximum absolute atomic E-state index is 9.79. The molecule has 0 saturated heterocycles. The van der Waals surface area contributed by atoms with Gasteiger partial charge in [0.15, 0.2) is 0 Å². The minimum atomic E-state index is -0.794. The van der Waals surface area contributed by atoms with Gasteiger partial charge in [0.25, 0.3) is 0 Å². The standard InChI is InChI=1S/C52H37N/c1-51(2)45-23-10-6-20-42(45)44-22-14-21-38(50(44)51)34-27-29-36(30-28-34)53(35-15-4-3-5-16-35)37-31-32-43-41-19-9-13-26-48(41)52(49(43)33-37)46-24-11-7-17-39(46)40-18-8-12-25-47(40)52/h3-33H,1-2H3/i3D,4D,5D,15D,16D,27D,28D,29D,30D. The van der Waals surface area contributed by atoms with E-state index < -0.39 is 53.1 Å². The first-order valence-corrected chi connectivity index (χ1v) is 18.0. The van der Waals surface area contributed by atoms with Crippen LogP contribution in [0, 0.1) is 0 Å². The summed E-state index contributed by atoms with van der Waals surface area (Å²) in [6, 6.07) is 40.3. The van der Waals surface area contributed by atoms with Crippen molar-refractivity contribution < 1.29 is 12.3 Å². The van der Waals surface area contributed by atoms with Crippen molar-refractivity contribution in [2.75, 3.05) is 4.90 Å². The summed E-state index contributed by atoms with van der Waals surface area (Å²) in [6.07, 6.45) is 0. The van der Waals surface area contributed by atoms with E-state index in [4.69, 9.17) is 4.11 Å². The highest BCUT2D eigenvalue weighted by molar-refractivity contribution is 5.96. The lowest BCUT2D eigenvalue weighted by atomic mass is 9.70. The summed E-state index contributed by atoms with van der Waals surface area (Å²) >= 11 is 0. The smallest absolute Gasteiger partial charge is 0.0726 e. The molecule has 0 saturated carbocycles. The molecular formula is C52H37N. The van der Waals surface area contributed by atoms with Crippen LogP contribution in [0.5, 0.6) is 0 Å². The molecule has 1 nitrogen and oxygen atoms in total. The highest BCUT2D eigenvalue weighted by Crippen LogP contribution is 2.63. The number of hydrogen-bond acceptors (Lipinski definition) is 1. The molecule has 3 aliphatic carbocycles. The number of hydrogen-bond donors (Lipinski definition) is 0. The molecular weight excluding hydrogens is 639 g/mol. The van der Waals surface area contributed by atoms with Gasteiger partial charge in [-0.2, -0.15) is 0 Å². The first kappa shape index (κ1) is 22.5. The van der Waals surface area contributed by atoms with Crippen LogP contribution in [-0.4, -0.2) is 0 Å². The highest BCUT2D eigenvalue weighted by atomic mass is 15.1. The molecule has 11 rings (SSSR count). The van der Waals surface area contributed by atoms with Crippen LogP contribution in [0.2, 0.25) is 0 Å². The van der Waals surface area contributed by atoms with Crippen molar-refractivity contribution in [2.24, 2.45) is 0 Å². The number of nitrogens with zero attached hydrogens (tertiary/aromatic N) is 1. The van der Waals surface area contributed by atoms with Crippen molar-refractivity contribution >= 4 is 17.1 Å². The average Bonchev–Trinajstić information content (AvgIpc) is 3.85. The normalized spacial score (nSPS) is 16.9. The van der Waals surface area contributed by atoms with Gasteiger partial charge in [0, 0.05) is 22.5 Å².